The molecule has 0 saturated carbocycles. The lowest BCUT2D eigenvalue weighted by Gasteiger charge is -2.01. The number of benzene rings is 2. The largest absolute Gasteiger partial charge is 0.469 e. The van der Waals surface area contributed by atoms with Crippen LogP contribution in [0.25, 0.3) is 17.3 Å². The molecule has 0 saturated heterocycles. The van der Waals surface area contributed by atoms with Gasteiger partial charge in [-0.25, -0.2) is 4.98 Å². The average molecular weight is 423 g/mol. The van der Waals surface area contributed by atoms with Crippen molar-refractivity contribution in [3.63, 3.8) is 0 Å². The molecule has 30 heavy (non-hydrogen) atoms. The van der Waals surface area contributed by atoms with Gasteiger partial charge in [-0.05, 0) is 23.8 Å². The number of amides is 1. The molecule has 0 atom stereocenters. The van der Waals surface area contributed by atoms with Gasteiger partial charge in [-0.1, -0.05) is 30.3 Å². The quantitative estimate of drug-likeness (QED) is 0.265. The molecule has 152 valence electrons. The highest BCUT2D eigenvalue weighted by Gasteiger charge is 2.17. The number of anilines is 1. The van der Waals surface area contributed by atoms with Gasteiger partial charge in [0.15, 0.2) is 5.13 Å². The Morgan fingerprint density at radius 3 is 2.50 bits per heavy atom. The number of hydrogen-bond acceptors (Lipinski definition) is 7. The number of methoxy groups -OCH3 is 1. The first-order valence-electron chi connectivity index (χ1n) is 8.81. The number of nitro groups is 1. The zero-order valence-corrected chi connectivity index (χ0v) is 16.7. The zero-order chi connectivity index (χ0) is 21.5. The molecule has 0 spiro atoms. The summed E-state index contributed by atoms with van der Waals surface area (Å²) in [5.74, 6) is -0.807. The van der Waals surface area contributed by atoms with Crippen LogP contribution in [0.4, 0.5) is 10.8 Å². The lowest BCUT2D eigenvalue weighted by Crippen LogP contribution is -2.07. The first kappa shape index (κ1) is 20.9. The van der Waals surface area contributed by atoms with Crippen molar-refractivity contribution < 1.29 is 19.2 Å². The second kappa shape index (κ2) is 9.57. The van der Waals surface area contributed by atoms with E-state index in [2.05, 4.69) is 10.3 Å². The van der Waals surface area contributed by atoms with E-state index < -0.39 is 16.8 Å². The van der Waals surface area contributed by atoms with Crippen LogP contribution in [0.1, 0.15) is 10.4 Å². The van der Waals surface area contributed by atoms with Crippen molar-refractivity contribution in [1.29, 1.82) is 0 Å². The molecule has 8 nitrogen and oxygen atoms in total. The molecule has 1 aromatic heterocycles. The van der Waals surface area contributed by atoms with E-state index in [-0.39, 0.29) is 12.1 Å². The number of rotatable bonds is 7. The monoisotopic (exact) mass is 423 g/mol. The first-order valence-corrected chi connectivity index (χ1v) is 9.63. The van der Waals surface area contributed by atoms with Crippen molar-refractivity contribution in [1.82, 2.24) is 4.98 Å². The predicted molar refractivity (Wildman–Crippen MR) is 114 cm³/mol. The van der Waals surface area contributed by atoms with Crippen LogP contribution in [0, 0.1) is 10.1 Å². The lowest BCUT2D eigenvalue weighted by molar-refractivity contribution is -0.384. The number of aromatic nitrogens is 1. The Labute approximate surface area is 176 Å². The third-order valence-electron chi connectivity index (χ3n) is 4.04. The zero-order valence-electron chi connectivity index (χ0n) is 15.9. The maximum absolute atomic E-state index is 12.3. The van der Waals surface area contributed by atoms with Crippen LogP contribution in [0.15, 0.2) is 60.7 Å². The molecule has 0 fully saturated rings. The normalized spacial score (nSPS) is 10.7. The van der Waals surface area contributed by atoms with E-state index in [1.807, 2.05) is 30.3 Å². The summed E-state index contributed by atoms with van der Waals surface area (Å²) >= 11 is 1.20. The highest BCUT2D eigenvalue weighted by atomic mass is 32.1. The van der Waals surface area contributed by atoms with Crippen LogP contribution < -0.4 is 5.32 Å². The van der Waals surface area contributed by atoms with E-state index in [1.165, 1.54) is 36.7 Å². The van der Waals surface area contributed by atoms with E-state index in [0.717, 1.165) is 5.56 Å². The number of nitro benzene ring substituents is 1. The molecule has 0 aliphatic rings. The van der Waals surface area contributed by atoms with Gasteiger partial charge in [-0.3, -0.25) is 25.0 Å². The molecule has 1 amide bonds. The van der Waals surface area contributed by atoms with Crippen molar-refractivity contribution in [3.05, 3.63) is 81.2 Å². The number of ether oxygens (including phenoxy) is 1. The highest BCUT2D eigenvalue weighted by molar-refractivity contribution is 7.16. The summed E-state index contributed by atoms with van der Waals surface area (Å²) in [5.41, 5.74) is 2.06. The van der Waals surface area contributed by atoms with Gasteiger partial charge in [0, 0.05) is 28.6 Å². The standard InChI is InChI=1S/C21H17N3O5S/c1-29-19(26)13-17-20(15-5-3-2-4-6-15)23-21(30-17)22-18(25)12-9-14-7-10-16(11-8-14)24(27)28/h2-12H,13H2,1H3,(H,22,23,25)/b12-9+. The molecule has 2 aromatic carbocycles. The summed E-state index contributed by atoms with van der Waals surface area (Å²) in [6, 6.07) is 15.2. The van der Waals surface area contributed by atoms with E-state index in [4.69, 9.17) is 4.74 Å². The number of esters is 1. The second-order valence-electron chi connectivity index (χ2n) is 6.08. The van der Waals surface area contributed by atoms with Gasteiger partial charge in [0.05, 0.1) is 24.1 Å². The smallest absolute Gasteiger partial charge is 0.310 e. The Morgan fingerprint density at radius 2 is 1.87 bits per heavy atom. The molecule has 1 heterocycles. The van der Waals surface area contributed by atoms with E-state index in [1.54, 1.807) is 18.2 Å². The number of nitrogens with zero attached hydrogens (tertiary/aromatic N) is 2. The summed E-state index contributed by atoms with van der Waals surface area (Å²) < 4.78 is 4.75. The van der Waals surface area contributed by atoms with Crippen LogP contribution in [-0.2, 0) is 20.7 Å². The molecule has 0 bridgehead atoms. The Kier molecular flexibility index (Phi) is 6.66. The van der Waals surface area contributed by atoms with E-state index in [9.17, 15) is 19.7 Å². The number of nitrogens with one attached hydrogen (secondary N) is 1. The predicted octanol–water partition coefficient (Wildman–Crippen LogP) is 4.09. The van der Waals surface area contributed by atoms with Gasteiger partial charge in [0.2, 0.25) is 5.91 Å². The van der Waals surface area contributed by atoms with Gasteiger partial charge in [0.1, 0.15) is 0 Å². The number of hydrogen-bond donors (Lipinski definition) is 1. The second-order valence-corrected chi connectivity index (χ2v) is 7.16. The van der Waals surface area contributed by atoms with Gasteiger partial charge in [-0.15, -0.1) is 11.3 Å². The Bertz CT molecular complexity index is 1090. The number of non-ortho nitro benzene ring substituents is 1. The summed E-state index contributed by atoms with van der Waals surface area (Å²) in [7, 11) is 1.32. The third kappa shape index (κ3) is 5.36. The fourth-order valence-electron chi connectivity index (χ4n) is 2.58. The molecule has 0 radical (unpaired) electrons. The highest BCUT2D eigenvalue weighted by Crippen LogP contribution is 2.31. The van der Waals surface area contributed by atoms with Crippen molar-refractivity contribution in [2.45, 2.75) is 6.42 Å². The lowest BCUT2D eigenvalue weighted by atomic mass is 10.1. The van der Waals surface area contributed by atoms with Gasteiger partial charge < -0.3 is 4.74 Å². The summed E-state index contributed by atoms with van der Waals surface area (Å²) in [4.78, 5) is 39.4. The molecule has 3 aromatic rings. The van der Waals surface area contributed by atoms with Crippen LogP contribution >= 0.6 is 11.3 Å². The van der Waals surface area contributed by atoms with Gasteiger partial charge in [0.25, 0.3) is 5.69 Å². The van der Waals surface area contributed by atoms with Crippen LogP contribution in [-0.4, -0.2) is 28.9 Å². The van der Waals surface area contributed by atoms with E-state index >= 15 is 0 Å². The van der Waals surface area contributed by atoms with Crippen LogP contribution in [0.5, 0.6) is 0 Å². The summed E-state index contributed by atoms with van der Waals surface area (Å²) in [6.07, 6.45) is 2.90. The van der Waals surface area contributed by atoms with Crippen molar-refractivity contribution in [2.75, 3.05) is 12.4 Å². The fraction of sp³-hybridized carbons (Fsp3) is 0.0952. The molecule has 1 N–H and O–H groups in total. The number of carbonyl (C=O) groups is 2. The van der Waals surface area contributed by atoms with Gasteiger partial charge >= 0.3 is 5.97 Å². The molecular formula is C21H17N3O5S. The van der Waals surface area contributed by atoms with E-state index in [0.29, 0.717) is 21.3 Å². The molecular weight excluding hydrogens is 406 g/mol. The number of thiazole rings is 1. The fourth-order valence-corrected chi connectivity index (χ4v) is 3.55. The molecule has 0 unspecified atom stereocenters. The number of carbonyl (C=O) groups excluding carboxylic acids is 2. The maximum Gasteiger partial charge on any atom is 0.310 e. The van der Waals surface area contributed by atoms with Crippen LogP contribution in [0.3, 0.4) is 0 Å². The first-order chi connectivity index (χ1) is 14.5. The summed E-state index contributed by atoms with van der Waals surface area (Å²) in [6.45, 7) is 0. The minimum absolute atomic E-state index is 0.0223. The maximum atomic E-state index is 12.3. The molecule has 3 rings (SSSR count). The molecule has 0 aliphatic carbocycles. The van der Waals surface area contributed by atoms with Crippen molar-refractivity contribution in [2.24, 2.45) is 0 Å². The average Bonchev–Trinajstić information content (AvgIpc) is 3.14. The third-order valence-corrected chi connectivity index (χ3v) is 5.01. The SMILES string of the molecule is COC(=O)Cc1sc(NC(=O)/C=C/c2ccc([N+](=O)[O-])cc2)nc1-c1ccccc1. The van der Waals surface area contributed by atoms with Crippen LogP contribution in [0.2, 0.25) is 0 Å². The summed E-state index contributed by atoms with van der Waals surface area (Å²) in [5, 5.41) is 13.7. The minimum Gasteiger partial charge on any atom is -0.469 e. The Hall–Kier alpha value is -3.85. The minimum atomic E-state index is -0.487. The van der Waals surface area contributed by atoms with Crippen molar-refractivity contribution in [3.8, 4) is 11.3 Å². The molecule has 9 heteroatoms. The molecule has 0 aliphatic heterocycles. The van der Waals surface area contributed by atoms with Crippen molar-refractivity contribution >= 4 is 40.1 Å². The Balaban J connectivity index is 1.76. The topological polar surface area (TPSA) is 111 Å². The Morgan fingerprint density at radius 1 is 1.17 bits per heavy atom. The van der Waals surface area contributed by atoms with Gasteiger partial charge in [-0.2, -0.15) is 0 Å².